The molecule has 0 saturated carbocycles. The van der Waals surface area contributed by atoms with E-state index in [0.717, 1.165) is 25.6 Å². The third kappa shape index (κ3) is 2.97. The Morgan fingerprint density at radius 1 is 1.48 bits per heavy atom. The standard InChI is InChI=1S/C14H19N3O4/c1-9-12(16-5-4-11(8-16)15(2)3)6-10(14(18)19)7-13(9)17(20)21/h6-7,11H,4-5,8H2,1-3H3,(H,18,19). The first kappa shape index (κ1) is 15.2. The van der Waals surface area contributed by atoms with Gasteiger partial charge >= 0.3 is 5.97 Å². The Kier molecular flexibility index (Phi) is 4.13. The van der Waals surface area contributed by atoms with Crippen LogP contribution in [0.25, 0.3) is 0 Å². The maximum Gasteiger partial charge on any atom is 0.336 e. The number of anilines is 1. The van der Waals surface area contributed by atoms with Crippen molar-refractivity contribution in [3.63, 3.8) is 0 Å². The lowest BCUT2D eigenvalue weighted by Crippen LogP contribution is -2.31. The van der Waals surface area contributed by atoms with Crippen molar-refractivity contribution in [2.45, 2.75) is 19.4 Å². The molecular weight excluding hydrogens is 274 g/mol. The third-order valence-corrected chi connectivity index (χ3v) is 4.03. The minimum absolute atomic E-state index is 0.0457. The zero-order valence-electron chi connectivity index (χ0n) is 12.4. The van der Waals surface area contributed by atoms with E-state index in [2.05, 4.69) is 4.90 Å². The highest BCUT2D eigenvalue weighted by molar-refractivity contribution is 5.90. The number of likely N-dealkylation sites (N-methyl/N-ethyl adjacent to an activating group) is 1. The Hall–Kier alpha value is -2.15. The van der Waals surface area contributed by atoms with Crippen LogP contribution in [0.3, 0.4) is 0 Å². The predicted molar refractivity (Wildman–Crippen MR) is 79.1 cm³/mol. The normalized spacial score (nSPS) is 18.3. The average molecular weight is 293 g/mol. The molecule has 0 amide bonds. The Morgan fingerprint density at radius 2 is 2.14 bits per heavy atom. The van der Waals surface area contributed by atoms with E-state index in [-0.39, 0.29) is 11.3 Å². The quantitative estimate of drug-likeness (QED) is 0.672. The summed E-state index contributed by atoms with van der Waals surface area (Å²) in [4.78, 5) is 25.9. The monoisotopic (exact) mass is 293 g/mol. The van der Waals surface area contributed by atoms with Gasteiger partial charge in [0, 0.05) is 30.9 Å². The summed E-state index contributed by atoms with van der Waals surface area (Å²) in [6.07, 6.45) is 0.956. The van der Waals surface area contributed by atoms with E-state index in [1.54, 1.807) is 6.92 Å². The number of hydrogen-bond acceptors (Lipinski definition) is 5. The van der Waals surface area contributed by atoms with Gasteiger partial charge in [-0.2, -0.15) is 0 Å². The van der Waals surface area contributed by atoms with E-state index in [1.807, 2.05) is 19.0 Å². The van der Waals surface area contributed by atoms with Crippen LogP contribution in [0, 0.1) is 17.0 Å². The van der Waals surface area contributed by atoms with Crippen molar-refractivity contribution in [3.05, 3.63) is 33.4 Å². The molecule has 1 saturated heterocycles. The van der Waals surface area contributed by atoms with Crippen LogP contribution in [0.2, 0.25) is 0 Å². The van der Waals surface area contributed by atoms with Gasteiger partial charge in [0.25, 0.3) is 5.69 Å². The molecule has 1 heterocycles. The largest absolute Gasteiger partial charge is 0.478 e. The highest BCUT2D eigenvalue weighted by Gasteiger charge is 2.28. The number of rotatable bonds is 4. The molecule has 1 aromatic carbocycles. The van der Waals surface area contributed by atoms with Gasteiger partial charge in [-0.25, -0.2) is 4.79 Å². The van der Waals surface area contributed by atoms with Crippen molar-refractivity contribution < 1.29 is 14.8 Å². The van der Waals surface area contributed by atoms with Crippen LogP contribution in [0.5, 0.6) is 0 Å². The molecule has 1 aromatic rings. The summed E-state index contributed by atoms with van der Waals surface area (Å²) < 4.78 is 0. The van der Waals surface area contributed by atoms with Crippen LogP contribution in [0.15, 0.2) is 12.1 Å². The predicted octanol–water partition coefficient (Wildman–Crippen LogP) is 1.74. The van der Waals surface area contributed by atoms with Crippen molar-refractivity contribution in [1.82, 2.24) is 4.90 Å². The van der Waals surface area contributed by atoms with Crippen LogP contribution in [-0.2, 0) is 0 Å². The van der Waals surface area contributed by atoms with Crippen molar-refractivity contribution in [2.24, 2.45) is 0 Å². The van der Waals surface area contributed by atoms with Gasteiger partial charge in [-0.15, -0.1) is 0 Å². The molecular formula is C14H19N3O4. The molecule has 21 heavy (non-hydrogen) atoms. The van der Waals surface area contributed by atoms with Crippen molar-refractivity contribution in [1.29, 1.82) is 0 Å². The molecule has 0 radical (unpaired) electrons. The van der Waals surface area contributed by atoms with Crippen LogP contribution < -0.4 is 4.90 Å². The van der Waals surface area contributed by atoms with Gasteiger partial charge in [0.05, 0.1) is 16.1 Å². The molecule has 0 aromatic heterocycles. The molecule has 7 heteroatoms. The average Bonchev–Trinajstić information content (AvgIpc) is 2.87. The van der Waals surface area contributed by atoms with E-state index in [1.165, 1.54) is 6.07 Å². The highest BCUT2D eigenvalue weighted by atomic mass is 16.6. The summed E-state index contributed by atoms with van der Waals surface area (Å²) in [6, 6.07) is 3.03. The second-order valence-corrected chi connectivity index (χ2v) is 5.55. The Labute approximate surface area is 122 Å². The molecule has 1 N–H and O–H groups in total. The fourth-order valence-electron chi connectivity index (χ4n) is 2.71. The summed E-state index contributed by atoms with van der Waals surface area (Å²) >= 11 is 0. The number of nitro groups is 1. The van der Waals surface area contributed by atoms with Crippen molar-refractivity contribution in [2.75, 3.05) is 32.1 Å². The Bertz CT molecular complexity index is 586. The summed E-state index contributed by atoms with van der Waals surface area (Å²) in [5.41, 5.74) is 0.976. The molecule has 1 aliphatic heterocycles. The fraction of sp³-hybridized carbons (Fsp3) is 0.500. The number of aromatic carboxylic acids is 1. The van der Waals surface area contributed by atoms with Gasteiger partial charge in [-0.05, 0) is 33.5 Å². The second kappa shape index (κ2) is 5.69. The van der Waals surface area contributed by atoms with E-state index in [9.17, 15) is 14.9 Å². The molecule has 1 fully saturated rings. The molecule has 1 unspecified atom stereocenters. The minimum Gasteiger partial charge on any atom is -0.478 e. The van der Waals surface area contributed by atoms with Gasteiger partial charge in [-0.3, -0.25) is 10.1 Å². The number of nitro benzene ring substituents is 1. The Balaban J connectivity index is 2.43. The van der Waals surface area contributed by atoms with Gasteiger partial charge in [0.15, 0.2) is 0 Å². The van der Waals surface area contributed by atoms with E-state index in [4.69, 9.17) is 5.11 Å². The lowest BCUT2D eigenvalue weighted by Gasteiger charge is -2.23. The number of carboxylic acids is 1. The molecule has 7 nitrogen and oxygen atoms in total. The lowest BCUT2D eigenvalue weighted by molar-refractivity contribution is -0.385. The highest BCUT2D eigenvalue weighted by Crippen LogP contribution is 2.33. The van der Waals surface area contributed by atoms with Gasteiger partial charge < -0.3 is 14.9 Å². The van der Waals surface area contributed by atoms with Crippen molar-refractivity contribution >= 4 is 17.3 Å². The number of benzene rings is 1. The third-order valence-electron chi connectivity index (χ3n) is 4.03. The Morgan fingerprint density at radius 3 is 2.62 bits per heavy atom. The zero-order chi connectivity index (χ0) is 15.7. The van der Waals surface area contributed by atoms with Crippen LogP contribution in [0.4, 0.5) is 11.4 Å². The molecule has 0 spiro atoms. The maximum absolute atomic E-state index is 11.2. The topological polar surface area (TPSA) is 86.9 Å². The van der Waals surface area contributed by atoms with Crippen LogP contribution in [0.1, 0.15) is 22.3 Å². The molecule has 1 aliphatic rings. The molecule has 114 valence electrons. The van der Waals surface area contributed by atoms with E-state index >= 15 is 0 Å². The molecule has 2 rings (SSSR count). The van der Waals surface area contributed by atoms with E-state index < -0.39 is 10.9 Å². The van der Waals surface area contributed by atoms with Gasteiger partial charge in [0.1, 0.15) is 0 Å². The van der Waals surface area contributed by atoms with Crippen molar-refractivity contribution in [3.8, 4) is 0 Å². The maximum atomic E-state index is 11.2. The number of carbonyl (C=O) groups is 1. The first-order valence-electron chi connectivity index (χ1n) is 6.75. The first-order chi connectivity index (χ1) is 9.81. The molecule has 0 bridgehead atoms. The summed E-state index contributed by atoms with van der Waals surface area (Å²) in [5.74, 6) is -1.15. The second-order valence-electron chi connectivity index (χ2n) is 5.55. The van der Waals surface area contributed by atoms with Gasteiger partial charge in [-0.1, -0.05) is 0 Å². The van der Waals surface area contributed by atoms with Crippen LogP contribution in [-0.4, -0.2) is 54.1 Å². The smallest absolute Gasteiger partial charge is 0.336 e. The molecule has 0 aliphatic carbocycles. The zero-order valence-corrected chi connectivity index (χ0v) is 12.4. The molecule has 1 atom stereocenters. The minimum atomic E-state index is -1.15. The number of hydrogen-bond donors (Lipinski definition) is 1. The summed E-state index contributed by atoms with van der Waals surface area (Å²) in [6.45, 7) is 3.18. The summed E-state index contributed by atoms with van der Waals surface area (Å²) in [5, 5.41) is 20.3. The van der Waals surface area contributed by atoms with E-state index in [0.29, 0.717) is 17.3 Å². The SMILES string of the molecule is Cc1c(N2CCC(N(C)C)C2)cc(C(=O)O)cc1[N+](=O)[O-]. The van der Waals surface area contributed by atoms with Crippen LogP contribution >= 0.6 is 0 Å². The first-order valence-corrected chi connectivity index (χ1v) is 6.75. The van der Waals surface area contributed by atoms with Gasteiger partial charge in [0.2, 0.25) is 0 Å². The number of nitrogens with zero attached hydrogens (tertiary/aromatic N) is 3. The lowest BCUT2D eigenvalue weighted by atomic mass is 10.1. The summed E-state index contributed by atoms with van der Waals surface area (Å²) in [7, 11) is 3.99. The fourth-order valence-corrected chi connectivity index (χ4v) is 2.71. The number of carboxylic acid groups (broad SMARTS) is 1.